The molecule has 1 atom stereocenters. The zero-order valence-electron chi connectivity index (χ0n) is 14.0. The van der Waals surface area contributed by atoms with E-state index in [1.807, 2.05) is 6.07 Å². The lowest BCUT2D eigenvalue weighted by molar-refractivity contribution is -0.123. The number of amides is 1. The van der Waals surface area contributed by atoms with Gasteiger partial charge in [0.15, 0.2) is 0 Å². The quantitative estimate of drug-likeness (QED) is 0.939. The van der Waals surface area contributed by atoms with Crippen LogP contribution in [0.1, 0.15) is 43.0 Å². The van der Waals surface area contributed by atoms with Gasteiger partial charge in [-0.3, -0.25) is 9.69 Å². The van der Waals surface area contributed by atoms with Crippen molar-refractivity contribution in [2.45, 2.75) is 44.3 Å². The fraction of sp³-hybridized carbons (Fsp3) is 0.450. The summed E-state index contributed by atoms with van der Waals surface area (Å²) in [4.78, 5) is 14.8. The Balaban J connectivity index is 1.54. The molecule has 2 aromatic rings. The normalized spacial score (nSPS) is 21.6. The lowest BCUT2D eigenvalue weighted by atomic mass is 10.00. The number of rotatable bonds is 4. The molecule has 0 bridgehead atoms. The van der Waals surface area contributed by atoms with E-state index < -0.39 is 0 Å². The first kappa shape index (κ1) is 15.5. The number of hydrogen-bond donors (Lipinski definition) is 1. The largest absolute Gasteiger partial charge is 0.352 e. The Morgan fingerprint density at radius 2 is 1.83 bits per heavy atom. The maximum atomic E-state index is 12.5. The Morgan fingerprint density at radius 1 is 1.04 bits per heavy atom. The molecule has 1 fully saturated rings. The van der Waals surface area contributed by atoms with E-state index in [1.165, 1.54) is 24.1 Å². The molecule has 1 unspecified atom stereocenters. The van der Waals surface area contributed by atoms with E-state index in [0.717, 1.165) is 25.9 Å². The van der Waals surface area contributed by atoms with Crippen molar-refractivity contribution < 1.29 is 4.79 Å². The molecule has 4 nitrogen and oxygen atoms in total. The molecule has 0 radical (unpaired) electrons. The van der Waals surface area contributed by atoms with Gasteiger partial charge in [0.1, 0.15) is 0 Å². The van der Waals surface area contributed by atoms with Crippen molar-refractivity contribution >= 4 is 5.91 Å². The molecule has 2 aliphatic rings. The lowest BCUT2D eigenvalue weighted by Gasteiger charge is -2.37. The highest BCUT2D eigenvalue weighted by Crippen LogP contribution is 2.32. The Kier molecular flexibility index (Phi) is 4.39. The van der Waals surface area contributed by atoms with Crippen LogP contribution in [0.2, 0.25) is 0 Å². The maximum absolute atomic E-state index is 12.5. The van der Waals surface area contributed by atoms with Crippen LogP contribution >= 0.6 is 0 Å². The highest BCUT2D eigenvalue weighted by molar-refractivity contribution is 5.78. The molecule has 4 rings (SSSR count). The Labute approximate surface area is 143 Å². The number of carbonyl (C=O) groups is 1. The smallest absolute Gasteiger partial charge is 0.234 e. The van der Waals surface area contributed by atoms with E-state index in [9.17, 15) is 4.79 Å². The van der Waals surface area contributed by atoms with Crippen LogP contribution in [0.5, 0.6) is 0 Å². The summed E-state index contributed by atoms with van der Waals surface area (Å²) in [5.41, 5.74) is 2.53. The van der Waals surface area contributed by atoms with Gasteiger partial charge < -0.3 is 9.88 Å². The summed E-state index contributed by atoms with van der Waals surface area (Å²) in [6, 6.07) is 15.4. The zero-order valence-corrected chi connectivity index (χ0v) is 14.0. The highest BCUT2D eigenvalue weighted by atomic mass is 16.2. The van der Waals surface area contributed by atoms with Crippen molar-refractivity contribution in [3.63, 3.8) is 0 Å². The van der Waals surface area contributed by atoms with E-state index in [4.69, 9.17) is 0 Å². The molecule has 1 aliphatic heterocycles. The molecule has 0 spiro atoms. The van der Waals surface area contributed by atoms with Crippen LogP contribution < -0.4 is 5.32 Å². The van der Waals surface area contributed by atoms with Crippen LogP contribution in [-0.4, -0.2) is 34.5 Å². The van der Waals surface area contributed by atoms with Gasteiger partial charge in [-0.15, -0.1) is 0 Å². The molecule has 2 heterocycles. The standard InChI is InChI=1S/C20H25N3O/c24-19(21-17-9-4-5-10-17)15-23-14-13-22-12-6-11-18(22)20(23)16-7-2-1-3-8-16/h1-3,6-8,11-12,17,20H,4-5,9-10,13-15H2,(H,21,24). The average Bonchev–Trinajstić information content (AvgIpc) is 3.26. The molecule has 1 aliphatic carbocycles. The molecule has 126 valence electrons. The van der Waals surface area contributed by atoms with Gasteiger partial charge in [0.25, 0.3) is 0 Å². The van der Waals surface area contributed by atoms with Gasteiger partial charge in [-0.1, -0.05) is 43.2 Å². The van der Waals surface area contributed by atoms with Crippen LogP contribution in [0.15, 0.2) is 48.7 Å². The van der Waals surface area contributed by atoms with Crippen molar-refractivity contribution in [1.29, 1.82) is 0 Å². The predicted octanol–water partition coefficient (Wildman–Crippen LogP) is 2.95. The second kappa shape index (κ2) is 6.81. The third-order valence-electron chi connectivity index (χ3n) is 5.32. The Bertz CT molecular complexity index is 688. The fourth-order valence-corrected chi connectivity index (χ4v) is 4.15. The predicted molar refractivity (Wildman–Crippen MR) is 94.7 cm³/mol. The Hall–Kier alpha value is -2.07. The van der Waals surface area contributed by atoms with E-state index >= 15 is 0 Å². The molecule has 1 aromatic heterocycles. The van der Waals surface area contributed by atoms with E-state index in [0.29, 0.717) is 12.6 Å². The second-order valence-corrected chi connectivity index (χ2v) is 6.96. The van der Waals surface area contributed by atoms with Crippen molar-refractivity contribution in [2.75, 3.05) is 13.1 Å². The summed E-state index contributed by atoms with van der Waals surface area (Å²) < 4.78 is 2.31. The van der Waals surface area contributed by atoms with Crippen LogP contribution in [-0.2, 0) is 11.3 Å². The first-order chi connectivity index (χ1) is 11.8. The van der Waals surface area contributed by atoms with Crippen LogP contribution in [0, 0.1) is 0 Å². The average molecular weight is 323 g/mol. The van der Waals surface area contributed by atoms with Gasteiger partial charge in [-0.2, -0.15) is 0 Å². The molecular formula is C20H25N3O. The topological polar surface area (TPSA) is 37.3 Å². The minimum Gasteiger partial charge on any atom is -0.352 e. The first-order valence-electron chi connectivity index (χ1n) is 9.04. The number of carbonyl (C=O) groups excluding carboxylic acids is 1. The van der Waals surface area contributed by atoms with E-state index in [-0.39, 0.29) is 11.9 Å². The minimum absolute atomic E-state index is 0.157. The number of nitrogens with one attached hydrogen (secondary N) is 1. The van der Waals surface area contributed by atoms with Crippen molar-refractivity contribution in [1.82, 2.24) is 14.8 Å². The summed E-state index contributed by atoms with van der Waals surface area (Å²) in [7, 11) is 0. The summed E-state index contributed by atoms with van der Waals surface area (Å²) in [5, 5.41) is 3.23. The molecule has 4 heteroatoms. The van der Waals surface area contributed by atoms with E-state index in [2.05, 4.69) is 57.4 Å². The summed E-state index contributed by atoms with van der Waals surface area (Å²) >= 11 is 0. The van der Waals surface area contributed by atoms with Crippen LogP contribution in [0.4, 0.5) is 0 Å². The van der Waals surface area contributed by atoms with Gasteiger partial charge >= 0.3 is 0 Å². The highest BCUT2D eigenvalue weighted by Gasteiger charge is 2.30. The maximum Gasteiger partial charge on any atom is 0.234 e. The summed E-state index contributed by atoms with van der Waals surface area (Å²) in [5.74, 6) is 0.169. The van der Waals surface area contributed by atoms with Crippen molar-refractivity contribution in [3.05, 3.63) is 59.9 Å². The number of fused-ring (bicyclic) bond motifs is 1. The van der Waals surface area contributed by atoms with Crippen LogP contribution in [0.3, 0.4) is 0 Å². The van der Waals surface area contributed by atoms with Gasteiger partial charge in [0.2, 0.25) is 5.91 Å². The number of hydrogen-bond acceptors (Lipinski definition) is 2. The number of benzene rings is 1. The van der Waals surface area contributed by atoms with Crippen molar-refractivity contribution in [2.24, 2.45) is 0 Å². The van der Waals surface area contributed by atoms with Gasteiger partial charge in [-0.25, -0.2) is 0 Å². The van der Waals surface area contributed by atoms with Gasteiger partial charge in [0, 0.05) is 31.0 Å². The number of aromatic nitrogens is 1. The second-order valence-electron chi connectivity index (χ2n) is 6.96. The molecule has 0 saturated heterocycles. The third-order valence-corrected chi connectivity index (χ3v) is 5.32. The zero-order chi connectivity index (χ0) is 16.4. The third kappa shape index (κ3) is 3.11. The molecule has 1 N–H and O–H groups in total. The van der Waals surface area contributed by atoms with E-state index in [1.54, 1.807) is 0 Å². The fourth-order valence-electron chi connectivity index (χ4n) is 4.15. The van der Waals surface area contributed by atoms with Crippen LogP contribution in [0.25, 0.3) is 0 Å². The molecule has 1 amide bonds. The monoisotopic (exact) mass is 323 g/mol. The van der Waals surface area contributed by atoms with Gasteiger partial charge in [-0.05, 0) is 30.5 Å². The van der Waals surface area contributed by atoms with Crippen molar-refractivity contribution in [3.8, 4) is 0 Å². The molecule has 1 saturated carbocycles. The number of nitrogens with zero attached hydrogens (tertiary/aromatic N) is 2. The first-order valence-corrected chi connectivity index (χ1v) is 9.04. The molecule has 1 aromatic carbocycles. The Morgan fingerprint density at radius 3 is 2.62 bits per heavy atom. The van der Waals surface area contributed by atoms with Gasteiger partial charge in [0.05, 0.1) is 12.6 Å². The summed E-state index contributed by atoms with van der Waals surface area (Å²) in [6.45, 7) is 2.32. The molecule has 24 heavy (non-hydrogen) atoms. The minimum atomic E-state index is 0.157. The summed E-state index contributed by atoms with van der Waals surface area (Å²) in [6.07, 6.45) is 6.90. The lowest BCUT2D eigenvalue weighted by Crippen LogP contribution is -2.46. The molecular weight excluding hydrogens is 298 g/mol. The SMILES string of the molecule is O=C(CN1CCn2cccc2C1c1ccccc1)NC1CCCC1.